The summed E-state index contributed by atoms with van der Waals surface area (Å²) in [6, 6.07) is 20.8. The van der Waals surface area contributed by atoms with Crippen LogP contribution in [0.2, 0.25) is 0 Å². The maximum absolute atomic E-state index is 12.4. The zero-order valence-electron chi connectivity index (χ0n) is 14.7. The molecule has 0 aliphatic carbocycles. The number of carbonyl (C=O) groups excluding carboxylic acids is 1. The highest BCUT2D eigenvalue weighted by Crippen LogP contribution is 2.27. The molecule has 0 saturated heterocycles. The number of carbonyl (C=O) groups is 2. The van der Waals surface area contributed by atoms with Gasteiger partial charge in [-0.05, 0) is 42.5 Å². The molecule has 0 fully saturated rings. The van der Waals surface area contributed by atoms with E-state index in [1.807, 2.05) is 30.3 Å². The zero-order valence-corrected chi connectivity index (χ0v) is 14.7. The van der Waals surface area contributed by atoms with Crippen LogP contribution >= 0.6 is 0 Å². The zero-order chi connectivity index (χ0) is 19.5. The van der Waals surface area contributed by atoms with Gasteiger partial charge in [0.2, 0.25) is 0 Å². The first-order chi connectivity index (χ1) is 13.6. The molecule has 136 valence electrons. The van der Waals surface area contributed by atoms with Crippen LogP contribution < -0.4 is 5.32 Å². The van der Waals surface area contributed by atoms with Crippen molar-refractivity contribution in [2.24, 2.45) is 0 Å². The molecule has 0 bridgehead atoms. The van der Waals surface area contributed by atoms with Crippen LogP contribution in [0.3, 0.4) is 0 Å². The number of nitrogens with zero attached hydrogens (tertiary/aromatic N) is 2. The van der Waals surface area contributed by atoms with E-state index < -0.39 is 5.97 Å². The van der Waals surface area contributed by atoms with Crippen molar-refractivity contribution < 1.29 is 14.7 Å². The smallest absolute Gasteiger partial charge is 0.336 e. The second kappa shape index (κ2) is 7.28. The molecule has 0 aliphatic heterocycles. The Labute approximate surface area is 160 Å². The summed E-state index contributed by atoms with van der Waals surface area (Å²) >= 11 is 0. The molecule has 0 aliphatic rings. The minimum absolute atomic E-state index is 0.0855. The Bertz CT molecular complexity index is 1190. The Morgan fingerprint density at radius 2 is 1.57 bits per heavy atom. The predicted molar refractivity (Wildman–Crippen MR) is 106 cm³/mol. The summed E-state index contributed by atoms with van der Waals surface area (Å²) in [5.74, 6) is -1.36. The van der Waals surface area contributed by atoms with Gasteiger partial charge in [0.1, 0.15) is 0 Å². The second-order valence-electron chi connectivity index (χ2n) is 6.13. The van der Waals surface area contributed by atoms with Crippen molar-refractivity contribution >= 4 is 28.6 Å². The monoisotopic (exact) mass is 369 g/mol. The highest BCUT2D eigenvalue weighted by Gasteiger charge is 2.16. The molecule has 6 heteroatoms. The van der Waals surface area contributed by atoms with Crippen LogP contribution in [0.25, 0.3) is 22.3 Å². The van der Waals surface area contributed by atoms with Crippen molar-refractivity contribution in [1.82, 2.24) is 9.97 Å². The Balaban J connectivity index is 1.75. The molecule has 0 atom stereocenters. The third-order valence-electron chi connectivity index (χ3n) is 4.27. The third-order valence-corrected chi connectivity index (χ3v) is 4.27. The van der Waals surface area contributed by atoms with E-state index in [1.165, 1.54) is 12.3 Å². The van der Waals surface area contributed by atoms with E-state index >= 15 is 0 Å². The van der Waals surface area contributed by atoms with Gasteiger partial charge in [0.15, 0.2) is 0 Å². The second-order valence-corrected chi connectivity index (χ2v) is 6.13. The highest BCUT2D eigenvalue weighted by atomic mass is 16.4. The van der Waals surface area contributed by atoms with Crippen LogP contribution in [-0.2, 0) is 0 Å². The number of anilines is 1. The number of carboxylic acid groups (broad SMARTS) is 1. The van der Waals surface area contributed by atoms with Gasteiger partial charge in [-0.3, -0.25) is 9.78 Å². The van der Waals surface area contributed by atoms with E-state index in [1.54, 1.807) is 36.4 Å². The minimum atomic E-state index is -1.08. The number of nitrogens with one attached hydrogen (secondary N) is 1. The van der Waals surface area contributed by atoms with E-state index in [-0.39, 0.29) is 11.5 Å². The van der Waals surface area contributed by atoms with Crippen LogP contribution in [-0.4, -0.2) is 27.0 Å². The summed E-state index contributed by atoms with van der Waals surface area (Å²) < 4.78 is 0. The van der Waals surface area contributed by atoms with Gasteiger partial charge in [0.25, 0.3) is 5.91 Å². The molecule has 28 heavy (non-hydrogen) atoms. The van der Waals surface area contributed by atoms with Crippen molar-refractivity contribution in [3.63, 3.8) is 0 Å². The van der Waals surface area contributed by atoms with Crippen molar-refractivity contribution in [3.8, 4) is 11.3 Å². The molecular formula is C22H15N3O3. The number of hydrogen-bond acceptors (Lipinski definition) is 4. The molecule has 0 unspecified atom stereocenters. The molecule has 1 amide bonds. The molecule has 0 saturated carbocycles. The number of rotatable bonds is 4. The lowest BCUT2D eigenvalue weighted by Crippen LogP contribution is -2.12. The molecule has 0 spiro atoms. The number of fused-ring (bicyclic) bond motifs is 1. The minimum Gasteiger partial charge on any atom is -0.478 e. The maximum Gasteiger partial charge on any atom is 0.336 e. The molecular weight excluding hydrogens is 354 g/mol. The topological polar surface area (TPSA) is 92.2 Å². The van der Waals surface area contributed by atoms with Crippen LogP contribution in [0.5, 0.6) is 0 Å². The third kappa shape index (κ3) is 3.43. The van der Waals surface area contributed by atoms with Crippen molar-refractivity contribution in [3.05, 3.63) is 90.1 Å². The van der Waals surface area contributed by atoms with Gasteiger partial charge in [0.05, 0.1) is 28.5 Å². The van der Waals surface area contributed by atoms with Gasteiger partial charge < -0.3 is 10.4 Å². The average molecular weight is 369 g/mol. The number of amides is 1. The Morgan fingerprint density at radius 1 is 0.857 bits per heavy atom. The summed E-state index contributed by atoms with van der Waals surface area (Å²) in [4.78, 5) is 33.0. The summed E-state index contributed by atoms with van der Waals surface area (Å²) in [5, 5.41) is 12.3. The van der Waals surface area contributed by atoms with Gasteiger partial charge >= 0.3 is 5.97 Å². The van der Waals surface area contributed by atoms with E-state index in [4.69, 9.17) is 0 Å². The quantitative estimate of drug-likeness (QED) is 0.561. The first-order valence-corrected chi connectivity index (χ1v) is 8.58. The van der Waals surface area contributed by atoms with E-state index in [0.29, 0.717) is 28.0 Å². The summed E-state index contributed by atoms with van der Waals surface area (Å²) in [6.07, 6.45) is 1.53. The lowest BCUT2D eigenvalue weighted by atomic mass is 10.0. The van der Waals surface area contributed by atoms with E-state index in [2.05, 4.69) is 15.3 Å². The number of carboxylic acids is 1. The van der Waals surface area contributed by atoms with Crippen LogP contribution in [0.4, 0.5) is 5.69 Å². The molecule has 4 aromatic rings. The van der Waals surface area contributed by atoms with E-state index in [0.717, 1.165) is 5.52 Å². The van der Waals surface area contributed by atoms with Crippen molar-refractivity contribution in [2.75, 3.05) is 5.32 Å². The average Bonchev–Trinajstić information content (AvgIpc) is 2.73. The molecule has 3 aromatic carbocycles. The Morgan fingerprint density at radius 3 is 2.32 bits per heavy atom. The first-order valence-electron chi connectivity index (χ1n) is 8.58. The fourth-order valence-electron chi connectivity index (χ4n) is 2.90. The summed E-state index contributed by atoms with van der Waals surface area (Å²) in [5.41, 5.74) is 3.26. The maximum atomic E-state index is 12.4. The lowest BCUT2D eigenvalue weighted by molar-refractivity contribution is 0.0697. The Hall–Kier alpha value is -4.06. The van der Waals surface area contributed by atoms with Gasteiger partial charge in [-0.15, -0.1) is 0 Å². The molecule has 6 nitrogen and oxygen atoms in total. The molecule has 0 radical (unpaired) electrons. The molecule has 2 N–H and O–H groups in total. The van der Waals surface area contributed by atoms with Gasteiger partial charge in [-0.2, -0.15) is 0 Å². The molecule has 4 rings (SSSR count). The number of benzene rings is 3. The fourth-order valence-corrected chi connectivity index (χ4v) is 2.90. The normalized spacial score (nSPS) is 10.6. The number of aromatic carboxylic acids is 1. The van der Waals surface area contributed by atoms with E-state index in [9.17, 15) is 14.7 Å². The van der Waals surface area contributed by atoms with Crippen molar-refractivity contribution in [2.45, 2.75) is 0 Å². The number of aromatic nitrogens is 2. The van der Waals surface area contributed by atoms with Crippen LogP contribution in [0, 0.1) is 0 Å². The highest BCUT2D eigenvalue weighted by molar-refractivity contribution is 6.05. The molecule has 1 heterocycles. The fraction of sp³-hybridized carbons (Fsp3) is 0. The first kappa shape index (κ1) is 17.4. The van der Waals surface area contributed by atoms with Crippen LogP contribution in [0.15, 0.2) is 79.0 Å². The predicted octanol–water partition coefficient (Wildman–Crippen LogP) is 4.25. The summed E-state index contributed by atoms with van der Waals surface area (Å²) in [7, 11) is 0. The lowest BCUT2D eigenvalue weighted by Gasteiger charge is -2.11. The van der Waals surface area contributed by atoms with Gasteiger partial charge in [-0.25, -0.2) is 9.78 Å². The van der Waals surface area contributed by atoms with Crippen LogP contribution in [0.1, 0.15) is 20.7 Å². The number of para-hydroxylation sites is 2. The SMILES string of the molecule is O=C(Nc1ccc(C(=O)O)c(-c2cnc3ccccc3n2)c1)c1ccccc1. The molecule has 1 aromatic heterocycles. The summed E-state index contributed by atoms with van der Waals surface area (Å²) in [6.45, 7) is 0. The standard InChI is InChI=1S/C22H15N3O3/c26-21(14-6-2-1-3-7-14)24-15-10-11-16(22(27)28)17(12-15)20-13-23-18-8-4-5-9-19(18)25-20/h1-13H,(H,24,26)(H,27,28). The van der Waals surface area contributed by atoms with Crippen molar-refractivity contribution in [1.29, 1.82) is 0 Å². The Kier molecular flexibility index (Phi) is 4.51. The largest absolute Gasteiger partial charge is 0.478 e. The van der Waals surface area contributed by atoms with Gasteiger partial charge in [-0.1, -0.05) is 30.3 Å². The number of hydrogen-bond donors (Lipinski definition) is 2. The van der Waals surface area contributed by atoms with Gasteiger partial charge in [0, 0.05) is 16.8 Å².